The Balaban J connectivity index is 2.96. The summed E-state index contributed by atoms with van der Waals surface area (Å²) >= 11 is 5.73. The topological polar surface area (TPSA) is 88.3 Å². The van der Waals surface area contributed by atoms with Crippen LogP contribution in [0.25, 0.3) is 0 Å². The predicted octanol–water partition coefficient (Wildman–Crippen LogP) is 0.525. The third-order valence-electron chi connectivity index (χ3n) is 2.41. The highest BCUT2D eigenvalue weighted by molar-refractivity contribution is 6.29. The van der Waals surface area contributed by atoms with E-state index in [1.54, 1.807) is 6.92 Å². The number of likely N-dealkylation sites (N-methyl/N-ethyl adjacent to an activating group) is 2. The lowest BCUT2D eigenvalue weighted by molar-refractivity contribution is -0.121. The Hall–Kier alpha value is -1.82. The molecular weight excluding hydrogens is 256 g/mol. The minimum Gasteiger partial charge on any atom is -0.397 e. The van der Waals surface area contributed by atoms with E-state index in [1.807, 2.05) is 0 Å². The molecule has 0 saturated heterocycles. The number of carbonyl (C=O) groups is 2. The Morgan fingerprint density at radius 3 is 2.78 bits per heavy atom. The summed E-state index contributed by atoms with van der Waals surface area (Å²) in [5.74, 6) is -0.591. The molecule has 18 heavy (non-hydrogen) atoms. The number of nitrogens with zero attached hydrogens (tertiary/aromatic N) is 2. The second kappa shape index (κ2) is 6.20. The number of nitrogens with one attached hydrogen (secondary N) is 1. The van der Waals surface area contributed by atoms with Gasteiger partial charge in [-0.3, -0.25) is 9.59 Å². The van der Waals surface area contributed by atoms with Crippen LogP contribution in [-0.4, -0.2) is 41.8 Å². The largest absolute Gasteiger partial charge is 0.397 e. The van der Waals surface area contributed by atoms with Crippen molar-refractivity contribution in [2.75, 3.05) is 25.9 Å². The Morgan fingerprint density at radius 2 is 2.22 bits per heavy atom. The van der Waals surface area contributed by atoms with Crippen molar-refractivity contribution in [2.24, 2.45) is 0 Å². The molecule has 0 saturated carbocycles. The Kier molecular flexibility index (Phi) is 4.91. The highest BCUT2D eigenvalue weighted by Gasteiger charge is 2.19. The predicted molar refractivity (Wildman–Crippen MR) is 69.3 cm³/mol. The van der Waals surface area contributed by atoms with Gasteiger partial charge in [0.25, 0.3) is 5.91 Å². The first-order valence-corrected chi connectivity index (χ1v) is 5.78. The maximum atomic E-state index is 12.2. The van der Waals surface area contributed by atoms with Gasteiger partial charge in [0.05, 0.1) is 24.0 Å². The second-order valence-corrected chi connectivity index (χ2v) is 3.97. The van der Waals surface area contributed by atoms with E-state index in [2.05, 4.69) is 10.3 Å². The Bertz CT molecular complexity index is 464. The summed E-state index contributed by atoms with van der Waals surface area (Å²) in [7, 11) is 1.51. The van der Waals surface area contributed by atoms with E-state index in [-0.39, 0.29) is 34.8 Å². The Labute approximate surface area is 110 Å². The minimum atomic E-state index is -0.345. The Morgan fingerprint density at radius 1 is 1.56 bits per heavy atom. The van der Waals surface area contributed by atoms with E-state index < -0.39 is 0 Å². The number of halogens is 1. The van der Waals surface area contributed by atoms with Gasteiger partial charge in [0.1, 0.15) is 5.15 Å². The summed E-state index contributed by atoms with van der Waals surface area (Å²) in [5, 5.41) is 2.64. The van der Waals surface area contributed by atoms with Crippen molar-refractivity contribution in [3.05, 3.63) is 23.0 Å². The molecule has 0 aliphatic carbocycles. The summed E-state index contributed by atoms with van der Waals surface area (Å²) in [6.07, 6.45) is 1.32. The number of hydrogen-bond acceptors (Lipinski definition) is 4. The molecule has 98 valence electrons. The lowest BCUT2D eigenvalue weighted by atomic mass is 10.2. The SMILES string of the molecule is CCN(CC(=O)NC)C(=O)c1cc(Cl)ncc1N. The van der Waals surface area contributed by atoms with Gasteiger partial charge in [-0.2, -0.15) is 0 Å². The van der Waals surface area contributed by atoms with Crippen LogP contribution >= 0.6 is 11.6 Å². The summed E-state index contributed by atoms with van der Waals surface area (Å²) in [6, 6.07) is 1.39. The first-order valence-electron chi connectivity index (χ1n) is 5.40. The fraction of sp³-hybridized carbons (Fsp3) is 0.364. The van der Waals surface area contributed by atoms with Crippen LogP contribution in [-0.2, 0) is 4.79 Å². The van der Waals surface area contributed by atoms with Crippen molar-refractivity contribution in [1.82, 2.24) is 15.2 Å². The van der Waals surface area contributed by atoms with Crippen LogP contribution in [0.15, 0.2) is 12.3 Å². The molecule has 0 bridgehead atoms. The summed E-state index contributed by atoms with van der Waals surface area (Å²) < 4.78 is 0. The van der Waals surface area contributed by atoms with E-state index >= 15 is 0 Å². The van der Waals surface area contributed by atoms with Gasteiger partial charge in [-0.1, -0.05) is 11.6 Å². The monoisotopic (exact) mass is 270 g/mol. The van der Waals surface area contributed by atoms with E-state index in [0.29, 0.717) is 6.54 Å². The first kappa shape index (κ1) is 14.2. The number of aromatic nitrogens is 1. The lowest BCUT2D eigenvalue weighted by Crippen LogP contribution is -2.39. The number of anilines is 1. The highest BCUT2D eigenvalue weighted by atomic mass is 35.5. The number of rotatable bonds is 4. The van der Waals surface area contributed by atoms with Crippen LogP contribution in [0.3, 0.4) is 0 Å². The number of hydrogen-bond donors (Lipinski definition) is 2. The standard InChI is InChI=1S/C11H15ClN4O2/c1-3-16(6-10(17)14-2)11(18)7-4-9(12)15-5-8(7)13/h4-5H,3,6,13H2,1-2H3,(H,14,17). The number of nitrogens with two attached hydrogens (primary N) is 1. The summed E-state index contributed by atoms with van der Waals surface area (Å²) in [5.41, 5.74) is 6.16. The van der Waals surface area contributed by atoms with Gasteiger partial charge in [0, 0.05) is 13.6 Å². The maximum absolute atomic E-state index is 12.2. The van der Waals surface area contributed by atoms with Crippen molar-refractivity contribution in [3.63, 3.8) is 0 Å². The molecule has 7 heteroatoms. The number of nitrogen functional groups attached to an aromatic ring is 1. The third-order valence-corrected chi connectivity index (χ3v) is 2.62. The van der Waals surface area contributed by atoms with E-state index in [4.69, 9.17) is 17.3 Å². The van der Waals surface area contributed by atoms with Gasteiger partial charge < -0.3 is 16.0 Å². The maximum Gasteiger partial charge on any atom is 0.256 e. The molecule has 0 spiro atoms. The van der Waals surface area contributed by atoms with Gasteiger partial charge >= 0.3 is 0 Å². The molecule has 3 N–H and O–H groups in total. The fourth-order valence-corrected chi connectivity index (χ4v) is 1.53. The highest BCUT2D eigenvalue weighted by Crippen LogP contribution is 2.17. The van der Waals surface area contributed by atoms with Gasteiger partial charge in [-0.25, -0.2) is 4.98 Å². The first-order chi connectivity index (χ1) is 8.49. The van der Waals surface area contributed by atoms with E-state index in [9.17, 15) is 9.59 Å². The van der Waals surface area contributed by atoms with Crippen molar-refractivity contribution in [3.8, 4) is 0 Å². The normalized spacial score (nSPS) is 9.94. The number of pyridine rings is 1. The van der Waals surface area contributed by atoms with Crippen molar-refractivity contribution in [1.29, 1.82) is 0 Å². The molecule has 0 aromatic carbocycles. The molecule has 1 rings (SSSR count). The van der Waals surface area contributed by atoms with E-state index in [0.717, 1.165) is 0 Å². The minimum absolute atomic E-state index is 0.0226. The third kappa shape index (κ3) is 3.33. The molecular formula is C11H15ClN4O2. The molecule has 2 amide bonds. The summed E-state index contributed by atoms with van der Waals surface area (Å²) in [4.78, 5) is 28.6. The van der Waals surface area contributed by atoms with Gasteiger partial charge in [-0.15, -0.1) is 0 Å². The zero-order valence-corrected chi connectivity index (χ0v) is 11.0. The fourth-order valence-electron chi connectivity index (χ4n) is 1.38. The molecule has 0 aliphatic heterocycles. The second-order valence-electron chi connectivity index (χ2n) is 3.59. The van der Waals surface area contributed by atoms with Gasteiger partial charge in [-0.05, 0) is 13.0 Å². The average molecular weight is 271 g/mol. The molecule has 1 heterocycles. The number of amides is 2. The van der Waals surface area contributed by atoms with Crippen LogP contribution in [0, 0.1) is 0 Å². The van der Waals surface area contributed by atoms with E-state index in [1.165, 1.54) is 24.2 Å². The molecule has 0 unspecified atom stereocenters. The molecule has 0 aliphatic rings. The molecule has 1 aromatic rings. The number of carbonyl (C=O) groups excluding carboxylic acids is 2. The molecule has 0 fully saturated rings. The van der Waals surface area contributed by atoms with Gasteiger partial charge in [0.15, 0.2) is 0 Å². The zero-order chi connectivity index (χ0) is 13.7. The summed E-state index contributed by atoms with van der Waals surface area (Å²) in [6.45, 7) is 2.15. The lowest BCUT2D eigenvalue weighted by Gasteiger charge is -2.20. The zero-order valence-electron chi connectivity index (χ0n) is 10.2. The molecule has 0 radical (unpaired) electrons. The van der Waals surface area contributed by atoms with Crippen LogP contribution in [0.5, 0.6) is 0 Å². The van der Waals surface area contributed by atoms with Crippen LogP contribution in [0.2, 0.25) is 5.15 Å². The molecule has 0 atom stereocenters. The molecule has 1 aromatic heterocycles. The van der Waals surface area contributed by atoms with Crippen molar-refractivity contribution in [2.45, 2.75) is 6.92 Å². The van der Waals surface area contributed by atoms with Crippen LogP contribution in [0.1, 0.15) is 17.3 Å². The van der Waals surface area contributed by atoms with Crippen molar-refractivity contribution < 1.29 is 9.59 Å². The average Bonchev–Trinajstić information content (AvgIpc) is 2.37. The van der Waals surface area contributed by atoms with Crippen LogP contribution < -0.4 is 11.1 Å². The smallest absolute Gasteiger partial charge is 0.256 e. The molecule has 6 nitrogen and oxygen atoms in total. The van der Waals surface area contributed by atoms with Crippen LogP contribution in [0.4, 0.5) is 5.69 Å². The quantitative estimate of drug-likeness (QED) is 0.781. The van der Waals surface area contributed by atoms with Gasteiger partial charge in [0.2, 0.25) is 5.91 Å². The van der Waals surface area contributed by atoms with Crippen molar-refractivity contribution >= 4 is 29.1 Å².